The maximum atomic E-state index is 11.5. The fraction of sp³-hybridized carbons (Fsp3) is 0.450. The maximum absolute atomic E-state index is 11.5. The standard InChI is InChI=1S/C20H31NO2/c1-4-6-7-8-9-10-11-12-13-14-15-16-17-19(22)21-18-20(3,23)5-2/h6-13,16-17,23H,4-5,14-15,18H2,1-3H3,(H,21,22). The zero-order valence-corrected chi connectivity index (χ0v) is 14.7. The van der Waals surface area contributed by atoms with Gasteiger partial charge in [0, 0.05) is 6.54 Å². The van der Waals surface area contributed by atoms with Crippen molar-refractivity contribution >= 4 is 5.91 Å². The number of carbonyl (C=O) groups is 1. The molecule has 0 aliphatic heterocycles. The number of aliphatic hydroxyl groups is 1. The minimum atomic E-state index is -0.834. The first-order valence-corrected chi connectivity index (χ1v) is 8.33. The molecule has 0 aromatic heterocycles. The molecule has 0 bridgehead atoms. The van der Waals surface area contributed by atoms with E-state index in [9.17, 15) is 9.90 Å². The molecule has 0 spiro atoms. The number of carbonyl (C=O) groups excluding carboxylic acids is 1. The van der Waals surface area contributed by atoms with Crippen LogP contribution in [-0.2, 0) is 4.79 Å². The first-order chi connectivity index (χ1) is 11.0. The van der Waals surface area contributed by atoms with Crippen LogP contribution in [0.4, 0.5) is 0 Å². The van der Waals surface area contributed by atoms with Crippen molar-refractivity contribution in [2.75, 3.05) is 6.54 Å². The Bertz CT molecular complexity index is 454. The first-order valence-electron chi connectivity index (χ1n) is 8.33. The van der Waals surface area contributed by atoms with Gasteiger partial charge in [-0.05, 0) is 38.7 Å². The number of hydrogen-bond donors (Lipinski definition) is 2. The molecule has 1 unspecified atom stereocenters. The number of nitrogens with one attached hydrogen (secondary N) is 1. The van der Waals surface area contributed by atoms with Gasteiger partial charge >= 0.3 is 0 Å². The van der Waals surface area contributed by atoms with Crippen LogP contribution in [0.1, 0.15) is 46.5 Å². The molecule has 0 aromatic carbocycles. The third-order valence-corrected chi connectivity index (χ3v) is 3.24. The lowest BCUT2D eigenvalue weighted by Crippen LogP contribution is -2.39. The van der Waals surface area contributed by atoms with Crippen LogP contribution in [0, 0.1) is 0 Å². The molecule has 0 radical (unpaired) electrons. The van der Waals surface area contributed by atoms with E-state index in [-0.39, 0.29) is 12.5 Å². The fourth-order valence-corrected chi connectivity index (χ4v) is 1.49. The van der Waals surface area contributed by atoms with E-state index in [1.807, 2.05) is 49.5 Å². The summed E-state index contributed by atoms with van der Waals surface area (Å²) >= 11 is 0. The molecule has 0 fully saturated rings. The zero-order valence-electron chi connectivity index (χ0n) is 14.7. The predicted octanol–water partition coefficient (Wildman–Crippen LogP) is 4.23. The molecule has 23 heavy (non-hydrogen) atoms. The summed E-state index contributed by atoms with van der Waals surface area (Å²) in [5.74, 6) is -0.159. The van der Waals surface area contributed by atoms with Gasteiger partial charge in [-0.25, -0.2) is 0 Å². The minimum absolute atomic E-state index is 0.159. The van der Waals surface area contributed by atoms with Gasteiger partial charge in [-0.1, -0.05) is 68.5 Å². The molecular formula is C20H31NO2. The highest BCUT2D eigenvalue weighted by Gasteiger charge is 2.17. The molecule has 0 heterocycles. The van der Waals surface area contributed by atoms with Crippen molar-refractivity contribution in [3.63, 3.8) is 0 Å². The average molecular weight is 317 g/mol. The first kappa shape index (κ1) is 21.1. The van der Waals surface area contributed by atoms with Crippen molar-refractivity contribution in [1.82, 2.24) is 5.32 Å². The molecule has 1 atom stereocenters. The average Bonchev–Trinajstić information content (AvgIpc) is 2.54. The van der Waals surface area contributed by atoms with Crippen LogP contribution >= 0.6 is 0 Å². The van der Waals surface area contributed by atoms with Crippen LogP contribution in [0.5, 0.6) is 0 Å². The van der Waals surface area contributed by atoms with E-state index in [4.69, 9.17) is 0 Å². The number of unbranched alkanes of at least 4 members (excludes halogenated alkanes) is 1. The second kappa shape index (κ2) is 13.8. The van der Waals surface area contributed by atoms with E-state index in [1.165, 1.54) is 6.08 Å². The van der Waals surface area contributed by atoms with E-state index in [1.54, 1.807) is 6.92 Å². The normalized spacial score (nSPS) is 15.5. The number of amides is 1. The monoisotopic (exact) mass is 317 g/mol. The van der Waals surface area contributed by atoms with Gasteiger partial charge in [-0.15, -0.1) is 0 Å². The SMILES string of the molecule is CCC=CC=CC=CC=CCCC=CC(=O)NCC(C)(O)CC. The lowest BCUT2D eigenvalue weighted by Gasteiger charge is -2.20. The summed E-state index contributed by atoms with van der Waals surface area (Å²) in [7, 11) is 0. The van der Waals surface area contributed by atoms with Gasteiger partial charge in [0.05, 0.1) is 5.60 Å². The summed E-state index contributed by atoms with van der Waals surface area (Å²) in [5.41, 5.74) is -0.834. The Kier molecular flexibility index (Phi) is 12.7. The van der Waals surface area contributed by atoms with Gasteiger partial charge in [0.25, 0.3) is 0 Å². The highest BCUT2D eigenvalue weighted by Crippen LogP contribution is 2.05. The Labute approximate surface area is 141 Å². The molecule has 0 saturated heterocycles. The summed E-state index contributed by atoms with van der Waals surface area (Å²) in [6.07, 6.45) is 22.9. The summed E-state index contributed by atoms with van der Waals surface area (Å²) in [4.78, 5) is 11.5. The maximum Gasteiger partial charge on any atom is 0.243 e. The quantitative estimate of drug-likeness (QED) is 0.340. The van der Waals surface area contributed by atoms with Gasteiger partial charge in [0.1, 0.15) is 0 Å². The summed E-state index contributed by atoms with van der Waals surface area (Å²) in [6.45, 7) is 5.99. The molecule has 0 aliphatic rings. The Morgan fingerprint density at radius 3 is 2.13 bits per heavy atom. The molecule has 0 aromatic rings. The van der Waals surface area contributed by atoms with Crippen LogP contribution in [0.3, 0.4) is 0 Å². The Hall–Kier alpha value is -1.87. The van der Waals surface area contributed by atoms with E-state index >= 15 is 0 Å². The molecule has 2 N–H and O–H groups in total. The van der Waals surface area contributed by atoms with E-state index in [0.717, 1.165) is 19.3 Å². The third kappa shape index (κ3) is 14.8. The van der Waals surface area contributed by atoms with Crippen molar-refractivity contribution in [2.24, 2.45) is 0 Å². The minimum Gasteiger partial charge on any atom is -0.388 e. The van der Waals surface area contributed by atoms with Crippen molar-refractivity contribution in [3.05, 3.63) is 60.8 Å². The third-order valence-electron chi connectivity index (χ3n) is 3.24. The topological polar surface area (TPSA) is 49.3 Å². The number of rotatable bonds is 11. The molecule has 3 heteroatoms. The summed E-state index contributed by atoms with van der Waals surface area (Å²) in [5, 5.41) is 12.5. The van der Waals surface area contributed by atoms with Gasteiger partial charge in [0.2, 0.25) is 5.91 Å². The highest BCUT2D eigenvalue weighted by atomic mass is 16.3. The smallest absolute Gasteiger partial charge is 0.243 e. The number of allylic oxidation sites excluding steroid dienone is 9. The Morgan fingerprint density at radius 2 is 1.52 bits per heavy atom. The summed E-state index contributed by atoms with van der Waals surface area (Å²) in [6, 6.07) is 0. The predicted molar refractivity (Wildman–Crippen MR) is 99.1 cm³/mol. The van der Waals surface area contributed by atoms with Gasteiger partial charge < -0.3 is 10.4 Å². The molecule has 128 valence electrons. The largest absolute Gasteiger partial charge is 0.388 e. The molecule has 0 aliphatic carbocycles. The van der Waals surface area contributed by atoms with Crippen LogP contribution in [-0.4, -0.2) is 23.2 Å². The lowest BCUT2D eigenvalue weighted by atomic mass is 10.0. The second-order valence-electron chi connectivity index (χ2n) is 5.58. The van der Waals surface area contributed by atoms with Gasteiger partial charge in [-0.2, -0.15) is 0 Å². The molecule has 0 saturated carbocycles. The van der Waals surface area contributed by atoms with Crippen LogP contribution < -0.4 is 5.32 Å². The zero-order chi connectivity index (χ0) is 17.4. The van der Waals surface area contributed by atoms with Crippen LogP contribution in [0.2, 0.25) is 0 Å². The van der Waals surface area contributed by atoms with Crippen molar-refractivity contribution in [1.29, 1.82) is 0 Å². The second-order valence-corrected chi connectivity index (χ2v) is 5.58. The van der Waals surface area contributed by atoms with Crippen molar-refractivity contribution in [3.8, 4) is 0 Å². The van der Waals surface area contributed by atoms with E-state index in [0.29, 0.717) is 6.42 Å². The fourth-order valence-electron chi connectivity index (χ4n) is 1.49. The lowest BCUT2D eigenvalue weighted by molar-refractivity contribution is -0.117. The van der Waals surface area contributed by atoms with Crippen LogP contribution in [0.15, 0.2) is 60.8 Å². The molecule has 0 rings (SSSR count). The molecule has 3 nitrogen and oxygen atoms in total. The van der Waals surface area contributed by atoms with E-state index < -0.39 is 5.60 Å². The summed E-state index contributed by atoms with van der Waals surface area (Å²) < 4.78 is 0. The number of hydrogen-bond acceptors (Lipinski definition) is 2. The van der Waals surface area contributed by atoms with Gasteiger partial charge in [0.15, 0.2) is 0 Å². The highest BCUT2D eigenvalue weighted by molar-refractivity contribution is 5.87. The van der Waals surface area contributed by atoms with Crippen molar-refractivity contribution in [2.45, 2.75) is 52.1 Å². The van der Waals surface area contributed by atoms with Gasteiger partial charge in [-0.3, -0.25) is 4.79 Å². The Balaban J connectivity index is 3.79. The van der Waals surface area contributed by atoms with Crippen molar-refractivity contribution < 1.29 is 9.90 Å². The van der Waals surface area contributed by atoms with Crippen LogP contribution in [0.25, 0.3) is 0 Å². The molecule has 1 amide bonds. The Morgan fingerprint density at radius 1 is 0.957 bits per heavy atom. The molecular weight excluding hydrogens is 286 g/mol. The van der Waals surface area contributed by atoms with E-state index in [2.05, 4.69) is 24.4 Å².